The smallest absolute Gasteiger partial charge is 0.287 e. The molecule has 0 saturated heterocycles. The van der Waals surface area contributed by atoms with Gasteiger partial charge in [0.25, 0.3) is 5.91 Å². The number of carbonyl (C=O) groups excluding carboxylic acids is 2. The predicted molar refractivity (Wildman–Crippen MR) is 89.9 cm³/mol. The van der Waals surface area contributed by atoms with Crippen LogP contribution in [0.25, 0.3) is 0 Å². The maximum Gasteiger partial charge on any atom is 0.287 e. The predicted octanol–water partition coefficient (Wildman–Crippen LogP) is 3.98. The molecule has 2 amide bonds. The minimum Gasteiger partial charge on any atom is -0.459 e. The van der Waals surface area contributed by atoms with Gasteiger partial charge in [-0.3, -0.25) is 9.59 Å². The lowest BCUT2D eigenvalue weighted by atomic mass is 10.0. The third-order valence-electron chi connectivity index (χ3n) is 3.17. The maximum atomic E-state index is 12.4. The summed E-state index contributed by atoms with van der Waals surface area (Å²) in [6, 6.07) is 7.19. The molecule has 1 atom stereocenters. The van der Waals surface area contributed by atoms with Crippen molar-refractivity contribution in [2.45, 2.75) is 19.9 Å². The van der Waals surface area contributed by atoms with Crippen LogP contribution in [0.2, 0.25) is 10.0 Å². The summed E-state index contributed by atoms with van der Waals surface area (Å²) in [4.78, 5) is 24.5. The summed E-state index contributed by atoms with van der Waals surface area (Å²) < 4.78 is 5.03. The standard InChI is InChI=1S/C16H16Cl2N2O3/c1-9(2)14(20-15(21)13-4-3-7-23-13)16(22)19-10-5-6-11(17)12(18)8-10/h3-9,14H,1-2H3,(H,19,22)(H,20,21). The molecule has 0 fully saturated rings. The number of nitrogens with one attached hydrogen (secondary N) is 2. The second-order valence-corrected chi connectivity index (χ2v) is 6.10. The summed E-state index contributed by atoms with van der Waals surface area (Å²) in [7, 11) is 0. The molecular weight excluding hydrogens is 339 g/mol. The van der Waals surface area contributed by atoms with E-state index in [4.69, 9.17) is 27.6 Å². The Hall–Kier alpha value is -1.98. The molecule has 0 aliphatic heterocycles. The Balaban J connectivity index is 2.09. The Kier molecular flexibility index (Phi) is 5.69. The van der Waals surface area contributed by atoms with E-state index in [-0.39, 0.29) is 17.6 Å². The van der Waals surface area contributed by atoms with Crippen molar-refractivity contribution in [3.8, 4) is 0 Å². The Labute approximate surface area is 144 Å². The molecule has 0 bridgehead atoms. The monoisotopic (exact) mass is 354 g/mol. The zero-order valence-electron chi connectivity index (χ0n) is 12.6. The third kappa shape index (κ3) is 4.50. The lowest BCUT2D eigenvalue weighted by Gasteiger charge is -2.21. The van der Waals surface area contributed by atoms with Crippen LogP contribution in [0.3, 0.4) is 0 Å². The van der Waals surface area contributed by atoms with Crippen LogP contribution in [0.1, 0.15) is 24.4 Å². The molecule has 2 N–H and O–H groups in total. The molecule has 0 spiro atoms. The van der Waals surface area contributed by atoms with Gasteiger partial charge in [-0.25, -0.2) is 0 Å². The molecular formula is C16H16Cl2N2O3. The highest BCUT2D eigenvalue weighted by molar-refractivity contribution is 6.42. The molecule has 5 nitrogen and oxygen atoms in total. The number of furan rings is 1. The van der Waals surface area contributed by atoms with Crippen LogP contribution in [0.5, 0.6) is 0 Å². The molecule has 122 valence electrons. The lowest BCUT2D eigenvalue weighted by Crippen LogP contribution is -2.47. The van der Waals surface area contributed by atoms with Crippen LogP contribution in [-0.4, -0.2) is 17.9 Å². The summed E-state index contributed by atoms with van der Waals surface area (Å²) in [5.41, 5.74) is 0.502. The summed E-state index contributed by atoms with van der Waals surface area (Å²) in [6.07, 6.45) is 1.40. The van der Waals surface area contributed by atoms with Gasteiger partial charge in [0.1, 0.15) is 6.04 Å². The van der Waals surface area contributed by atoms with E-state index < -0.39 is 11.9 Å². The molecule has 2 aromatic rings. The third-order valence-corrected chi connectivity index (χ3v) is 3.91. The van der Waals surface area contributed by atoms with Crippen molar-refractivity contribution >= 4 is 40.7 Å². The van der Waals surface area contributed by atoms with Crippen LogP contribution < -0.4 is 10.6 Å². The van der Waals surface area contributed by atoms with Crippen molar-refractivity contribution in [1.82, 2.24) is 5.32 Å². The Morgan fingerprint density at radius 3 is 2.43 bits per heavy atom. The molecule has 0 aliphatic carbocycles. The van der Waals surface area contributed by atoms with Crippen molar-refractivity contribution in [3.63, 3.8) is 0 Å². The van der Waals surface area contributed by atoms with Gasteiger partial charge in [0.05, 0.1) is 16.3 Å². The zero-order chi connectivity index (χ0) is 17.0. The van der Waals surface area contributed by atoms with Crippen LogP contribution >= 0.6 is 23.2 Å². The lowest BCUT2D eigenvalue weighted by molar-refractivity contribution is -0.118. The largest absolute Gasteiger partial charge is 0.459 e. The molecule has 1 aromatic heterocycles. The van der Waals surface area contributed by atoms with Gasteiger partial charge in [0, 0.05) is 5.69 Å². The minimum absolute atomic E-state index is 0.114. The first-order valence-corrected chi connectivity index (χ1v) is 7.74. The van der Waals surface area contributed by atoms with Gasteiger partial charge < -0.3 is 15.1 Å². The number of hydrogen-bond donors (Lipinski definition) is 2. The number of carbonyl (C=O) groups is 2. The number of amides is 2. The summed E-state index contributed by atoms with van der Waals surface area (Å²) in [5.74, 6) is -0.758. The fourth-order valence-electron chi connectivity index (χ4n) is 1.95. The van der Waals surface area contributed by atoms with Crippen molar-refractivity contribution < 1.29 is 14.0 Å². The molecule has 0 aliphatic rings. The van der Waals surface area contributed by atoms with Crippen molar-refractivity contribution in [2.24, 2.45) is 5.92 Å². The molecule has 7 heteroatoms. The van der Waals surface area contributed by atoms with E-state index in [9.17, 15) is 9.59 Å². The maximum absolute atomic E-state index is 12.4. The van der Waals surface area contributed by atoms with E-state index in [1.807, 2.05) is 13.8 Å². The number of benzene rings is 1. The van der Waals surface area contributed by atoms with E-state index in [1.165, 1.54) is 12.3 Å². The topological polar surface area (TPSA) is 71.3 Å². The first kappa shape index (κ1) is 17.4. The van der Waals surface area contributed by atoms with Gasteiger partial charge in [0.15, 0.2) is 5.76 Å². The number of rotatable bonds is 5. The quantitative estimate of drug-likeness (QED) is 0.852. The van der Waals surface area contributed by atoms with E-state index in [0.29, 0.717) is 15.7 Å². The molecule has 0 saturated carbocycles. The first-order valence-electron chi connectivity index (χ1n) is 6.98. The Morgan fingerprint density at radius 1 is 1.13 bits per heavy atom. The summed E-state index contributed by atoms with van der Waals surface area (Å²) in [6.45, 7) is 3.67. The van der Waals surface area contributed by atoms with Gasteiger partial charge in [-0.15, -0.1) is 0 Å². The highest BCUT2D eigenvalue weighted by Gasteiger charge is 2.25. The van der Waals surface area contributed by atoms with Gasteiger partial charge in [0.2, 0.25) is 5.91 Å². The van der Waals surface area contributed by atoms with E-state index in [0.717, 1.165) is 0 Å². The van der Waals surface area contributed by atoms with E-state index >= 15 is 0 Å². The van der Waals surface area contributed by atoms with Gasteiger partial charge >= 0.3 is 0 Å². The summed E-state index contributed by atoms with van der Waals surface area (Å²) in [5, 5.41) is 6.11. The fraction of sp³-hybridized carbons (Fsp3) is 0.250. The SMILES string of the molecule is CC(C)C(NC(=O)c1ccco1)C(=O)Nc1ccc(Cl)c(Cl)c1. The van der Waals surface area contributed by atoms with Crippen molar-refractivity contribution in [3.05, 3.63) is 52.4 Å². The van der Waals surface area contributed by atoms with E-state index in [1.54, 1.807) is 24.3 Å². The van der Waals surface area contributed by atoms with Gasteiger partial charge in [-0.1, -0.05) is 37.0 Å². The minimum atomic E-state index is -0.720. The average Bonchev–Trinajstić information content (AvgIpc) is 3.02. The molecule has 1 unspecified atom stereocenters. The van der Waals surface area contributed by atoms with Crippen LogP contribution in [0.4, 0.5) is 5.69 Å². The highest BCUT2D eigenvalue weighted by Crippen LogP contribution is 2.25. The first-order chi connectivity index (χ1) is 10.9. The second-order valence-electron chi connectivity index (χ2n) is 5.29. The van der Waals surface area contributed by atoms with Crippen LogP contribution in [0, 0.1) is 5.92 Å². The Morgan fingerprint density at radius 2 is 1.87 bits per heavy atom. The van der Waals surface area contributed by atoms with Gasteiger partial charge in [-0.05, 0) is 36.2 Å². The Bertz CT molecular complexity index is 699. The average molecular weight is 355 g/mol. The van der Waals surface area contributed by atoms with Crippen LogP contribution in [0.15, 0.2) is 41.0 Å². The zero-order valence-corrected chi connectivity index (χ0v) is 14.1. The fourth-order valence-corrected chi connectivity index (χ4v) is 2.25. The highest BCUT2D eigenvalue weighted by atomic mass is 35.5. The molecule has 23 heavy (non-hydrogen) atoms. The molecule has 1 heterocycles. The molecule has 2 rings (SSSR count). The van der Waals surface area contributed by atoms with E-state index in [2.05, 4.69) is 10.6 Å². The number of halogens is 2. The molecule has 0 radical (unpaired) electrons. The molecule has 1 aromatic carbocycles. The number of hydrogen-bond acceptors (Lipinski definition) is 3. The second kappa shape index (κ2) is 7.53. The van der Waals surface area contributed by atoms with Gasteiger partial charge in [-0.2, -0.15) is 0 Å². The number of anilines is 1. The summed E-state index contributed by atoms with van der Waals surface area (Å²) >= 11 is 11.8. The van der Waals surface area contributed by atoms with Crippen LogP contribution in [-0.2, 0) is 4.79 Å². The normalized spacial score (nSPS) is 12.0. The van der Waals surface area contributed by atoms with Crippen molar-refractivity contribution in [2.75, 3.05) is 5.32 Å². The van der Waals surface area contributed by atoms with Crippen molar-refractivity contribution in [1.29, 1.82) is 0 Å².